The highest BCUT2D eigenvalue weighted by Gasteiger charge is 2.90. The summed E-state index contributed by atoms with van der Waals surface area (Å²) in [5, 5.41) is 0. The molecule has 0 unspecified atom stereocenters. The van der Waals surface area contributed by atoms with Crippen molar-refractivity contribution in [1.82, 2.24) is 0 Å². The van der Waals surface area contributed by atoms with E-state index in [1.54, 1.807) is 20.8 Å². The van der Waals surface area contributed by atoms with E-state index in [1.165, 1.54) is 7.11 Å². The maximum atomic E-state index is 12.4. The second kappa shape index (κ2) is 5.46. The van der Waals surface area contributed by atoms with E-state index in [9.17, 15) is 19.2 Å². The third-order valence-corrected chi connectivity index (χ3v) is 5.99. The van der Waals surface area contributed by atoms with Crippen LogP contribution < -0.4 is 0 Å². The minimum atomic E-state index is -1.43. The van der Waals surface area contributed by atoms with Crippen molar-refractivity contribution in [2.45, 2.75) is 32.8 Å². The van der Waals surface area contributed by atoms with Gasteiger partial charge in [0, 0.05) is 10.8 Å². The molecular weight excluding hydrogens is 320 g/mol. The molecule has 0 N–H and O–H groups in total. The Morgan fingerprint density at radius 2 is 1.54 bits per heavy atom. The van der Waals surface area contributed by atoms with Crippen molar-refractivity contribution in [2.24, 2.45) is 22.7 Å². The van der Waals surface area contributed by atoms with Crippen molar-refractivity contribution in [3.63, 3.8) is 0 Å². The first-order chi connectivity index (χ1) is 11.1. The lowest BCUT2D eigenvalue weighted by Gasteiger charge is -2.34. The number of hydrogen-bond acceptors (Lipinski definition) is 8. The van der Waals surface area contributed by atoms with E-state index in [2.05, 4.69) is 4.74 Å². The van der Waals surface area contributed by atoms with Gasteiger partial charge in [-0.15, -0.1) is 0 Å². The maximum Gasteiger partial charge on any atom is 0.324 e. The Hall–Kier alpha value is -2.12. The van der Waals surface area contributed by atoms with E-state index in [-0.39, 0.29) is 6.42 Å². The molecule has 1 aliphatic carbocycles. The molecule has 0 bridgehead atoms. The summed E-state index contributed by atoms with van der Waals surface area (Å²) in [5.74, 6) is -5.72. The Kier molecular flexibility index (Phi) is 4.14. The lowest BCUT2D eigenvalue weighted by molar-refractivity contribution is -0.188. The number of methoxy groups -OCH3 is 3. The van der Waals surface area contributed by atoms with Gasteiger partial charge in [-0.2, -0.15) is 0 Å². The summed E-state index contributed by atoms with van der Waals surface area (Å²) in [5.41, 5.74) is -2.97. The van der Waals surface area contributed by atoms with Crippen LogP contribution in [0.25, 0.3) is 0 Å². The molecule has 2 fully saturated rings. The zero-order valence-electron chi connectivity index (χ0n) is 14.6. The normalized spacial score (nSPS) is 33.1. The standard InChI is InChI=1S/C16H22O8/c1-14(2)15(3)7-8(10(17)21-4)11(18)24-16(14,15)9(12(19)22-5)13(20)23-6/h8-9H,7H2,1-6H3/t8-,15-,16+/m1/s1. The summed E-state index contributed by atoms with van der Waals surface area (Å²) < 4.78 is 19.7. The molecule has 8 nitrogen and oxygen atoms in total. The molecule has 1 saturated heterocycles. The van der Waals surface area contributed by atoms with Gasteiger partial charge in [0.05, 0.1) is 21.3 Å². The third-order valence-electron chi connectivity index (χ3n) is 5.99. The lowest BCUT2D eigenvalue weighted by Crippen LogP contribution is -2.50. The van der Waals surface area contributed by atoms with Crippen molar-refractivity contribution in [1.29, 1.82) is 0 Å². The molecule has 0 amide bonds. The van der Waals surface area contributed by atoms with Gasteiger partial charge in [-0.25, -0.2) is 0 Å². The van der Waals surface area contributed by atoms with E-state index in [0.717, 1.165) is 14.2 Å². The molecule has 8 heteroatoms. The fraction of sp³-hybridized carbons (Fsp3) is 0.750. The summed E-state index contributed by atoms with van der Waals surface area (Å²) in [7, 11) is 3.47. The summed E-state index contributed by atoms with van der Waals surface area (Å²) in [6.07, 6.45) is 0.107. The van der Waals surface area contributed by atoms with Crippen LogP contribution in [0.1, 0.15) is 27.2 Å². The Morgan fingerprint density at radius 3 is 1.96 bits per heavy atom. The van der Waals surface area contributed by atoms with Crippen molar-refractivity contribution < 1.29 is 38.1 Å². The molecule has 1 heterocycles. The highest BCUT2D eigenvalue weighted by Crippen LogP contribution is 2.80. The first-order valence-electron chi connectivity index (χ1n) is 7.52. The van der Waals surface area contributed by atoms with Crippen molar-refractivity contribution in [3.05, 3.63) is 0 Å². The van der Waals surface area contributed by atoms with Gasteiger partial charge in [0.1, 0.15) is 5.60 Å². The summed E-state index contributed by atoms with van der Waals surface area (Å²) in [6.45, 7) is 5.33. The zero-order valence-corrected chi connectivity index (χ0v) is 14.6. The predicted octanol–water partition coefficient (Wildman–Crippen LogP) is 0.470. The van der Waals surface area contributed by atoms with Crippen molar-refractivity contribution in [3.8, 4) is 0 Å². The number of esters is 4. The molecule has 24 heavy (non-hydrogen) atoms. The number of fused-ring (bicyclic) bond motifs is 1. The van der Waals surface area contributed by atoms with Crippen LogP contribution in [-0.4, -0.2) is 50.8 Å². The molecule has 134 valence electrons. The monoisotopic (exact) mass is 342 g/mol. The van der Waals surface area contributed by atoms with Gasteiger partial charge < -0.3 is 18.9 Å². The molecule has 1 saturated carbocycles. The van der Waals surface area contributed by atoms with Gasteiger partial charge in [-0.05, 0) is 6.42 Å². The van der Waals surface area contributed by atoms with Gasteiger partial charge in [0.15, 0.2) is 11.8 Å². The van der Waals surface area contributed by atoms with Crippen molar-refractivity contribution >= 4 is 23.9 Å². The highest BCUT2D eigenvalue weighted by atomic mass is 16.6. The van der Waals surface area contributed by atoms with Gasteiger partial charge in [-0.3, -0.25) is 19.2 Å². The second-order valence-corrected chi connectivity index (χ2v) is 6.87. The van der Waals surface area contributed by atoms with Gasteiger partial charge in [0.25, 0.3) is 0 Å². The topological polar surface area (TPSA) is 105 Å². The number of carbonyl (C=O) groups is 4. The fourth-order valence-electron chi connectivity index (χ4n) is 4.27. The Labute approximate surface area is 139 Å². The van der Waals surface area contributed by atoms with E-state index in [0.29, 0.717) is 0 Å². The SMILES string of the molecule is COC(=O)C(C(=O)OC)[C@@]12OC(=O)[C@@H](C(=O)OC)C[C@]1(C)C2(C)C. The summed E-state index contributed by atoms with van der Waals surface area (Å²) in [4.78, 5) is 48.7. The Bertz CT molecular complexity index is 593. The maximum absolute atomic E-state index is 12.4. The van der Waals surface area contributed by atoms with Crippen LogP contribution in [0.5, 0.6) is 0 Å². The summed E-state index contributed by atoms with van der Waals surface area (Å²) >= 11 is 0. The number of ether oxygens (including phenoxy) is 4. The number of carbonyl (C=O) groups excluding carboxylic acids is 4. The van der Waals surface area contributed by atoms with E-state index in [1.807, 2.05) is 0 Å². The quantitative estimate of drug-likeness (QED) is 0.412. The third kappa shape index (κ3) is 1.91. The Morgan fingerprint density at radius 1 is 1.04 bits per heavy atom. The van der Waals surface area contributed by atoms with Crippen LogP contribution in [0.2, 0.25) is 0 Å². The zero-order chi connectivity index (χ0) is 18.5. The van der Waals surface area contributed by atoms with E-state index in [4.69, 9.17) is 14.2 Å². The first-order valence-corrected chi connectivity index (χ1v) is 7.52. The van der Waals surface area contributed by atoms with E-state index < -0.39 is 52.1 Å². The van der Waals surface area contributed by atoms with Crippen LogP contribution in [0, 0.1) is 22.7 Å². The number of rotatable bonds is 4. The molecule has 2 rings (SSSR count). The smallest absolute Gasteiger partial charge is 0.324 e. The molecule has 3 atom stereocenters. The molecule has 0 aromatic heterocycles. The Balaban J connectivity index is 2.52. The second-order valence-electron chi connectivity index (χ2n) is 6.87. The molecule has 0 spiro atoms. The fourth-order valence-corrected chi connectivity index (χ4v) is 4.27. The van der Waals surface area contributed by atoms with Gasteiger partial charge in [-0.1, -0.05) is 20.8 Å². The molecule has 1 aliphatic heterocycles. The summed E-state index contributed by atoms with van der Waals surface area (Å²) in [6, 6.07) is 0. The minimum absolute atomic E-state index is 0.107. The predicted molar refractivity (Wildman–Crippen MR) is 78.4 cm³/mol. The van der Waals surface area contributed by atoms with Crippen LogP contribution in [0.15, 0.2) is 0 Å². The highest BCUT2D eigenvalue weighted by molar-refractivity contribution is 6.01. The first kappa shape index (κ1) is 18.2. The van der Waals surface area contributed by atoms with Gasteiger partial charge >= 0.3 is 23.9 Å². The van der Waals surface area contributed by atoms with Crippen LogP contribution in [0.4, 0.5) is 0 Å². The molecule has 0 radical (unpaired) electrons. The molecule has 0 aromatic carbocycles. The molecular formula is C16H22O8. The largest absolute Gasteiger partial charge is 0.468 e. The van der Waals surface area contributed by atoms with Gasteiger partial charge in [0.2, 0.25) is 0 Å². The van der Waals surface area contributed by atoms with Crippen LogP contribution in [-0.2, 0) is 38.1 Å². The van der Waals surface area contributed by atoms with Crippen LogP contribution >= 0.6 is 0 Å². The lowest BCUT2D eigenvalue weighted by atomic mass is 9.82. The van der Waals surface area contributed by atoms with Crippen LogP contribution in [0.3, 0.4) is 0 Å². The minimum Gasteiger partial charge on any atom is -0.468 e. The van der Waals surface area contributed by atoms with Crippen molar-refractivity contribution in [2.75, 3.05) is 21.3 Å². The molecule has 2 aliphatic rings. The molecule has 0 aromatic rings. The average Bonchev–Trinajstić information content (AvgIpc) is 2.93. The average molecular weight is 342 g/mol. The number of hydrogen-bond donors (Lipinski definition) is 0. The van der Waals surface area contributed by atoms with E-state index >= 15 is 0 Å².